The molecule has 4 aliphatic rings. The van der Waals surface area contributed by atoms with E-state index in [0.29, 0.717) is 22.5 Å². The number of likely N-dealkylation sites (tertiary alicyclic amines) is 1. The first kappa shape index (κ1) is 23.2. The van der Waals surface area contributed by atoms with Crippen LogP contribution in [-0.2, 0) is 14.2 Å². The molecule has 11 heteroatoms. The molecule has 0 radical (unpaired) electrons. The highest BCUT2D eigenvalue weighted by atomic mass is 16.8. The first-order valence-electron chi connectivity index (χ1n) is 12.9. The van der Waals surface area contributed by atoms with E-state index in [2.05, 4.69) is 30.5 Å². The van der Waals surface area contributed by atoms with Crippen molar-refractivity contribution in [3.8, 4) is 0 Å². The summed E-state index contributed by atoms with van der Waals surface area (Å²) < 4.78 is 21.2. The molecule has 4 aliphatic heterocycles. The van der Waals surface area contributed by atoms with Crippen molar-refractivity contribution in [2.75, 3.05) is 31.5 Å². The Morgan fingerprint density at radius 1 is 1.14 bits per heavy atom. The van der Waals surface area contributed by atoms with Crippen LogP contribution in [0, 0.1) is 0 Å². The number of imidazole rings is 1. The van der Waals surface area contributed by atoms with Gasteiger partial charge in [0.05, 0.1) is 6.33 Å². The topological polar surface area (TPSA) is 116 Å². The molecule has 3 aromatic rings. The van der Waals surface area contributed by atoms with Gasteiger partial charge in [-0.15, -0.1) is 0 Å². The molecule has 4 saturated heterocycles. The lowest BCUT2D eigenvalue weighted by Crippen LogP contribution is -2.63. The minimum Gasteiger partial charge on any atom is -0.348 e. The summed E-state index contributed by atoms with van der Waals surface area (Å²) in [5.74, 6) is -0.618. The summed E-state index contributed by atoms with van der Waals surface area (Å²) in [6, 6.07) is 9.01. The van der Waals surface area contributed by atoms with Crippen LogP contribution in [0.15, 0.2) is 43.0 Å². The average molecular weight is 506 g/mol. The predicted molar refractivity (Wildman–Crippen MR) is 134 cm³/mol. The monoisotopic (exact) mass is 505 g/mol. The van der Waals surface area contributed by atoms with Crippen molar-refractivity contribution >= 4 is 22.9 Å². The molecule has 194 valence electrons. The van der Waals surface area contributed by atoms with Gasteiger partial charge in [0, 0.05) is 30.7 Å². The molecule has 0 bridgehead atoms. The number of aromatic nitrogens is 4. The number of carbonyl (C=O) groups is 1. The Balaban J connectivity index is 1.17. The Kier molecular flexibility index (Phi) is 5.35. The van der Waals surface area contributed by atoms with Gasteiger partial charge in [0.2, 0.25) is 0 Å². The molecule has 1 spiro atoms. The van der Waals surface area contributed by atoms with E-state index >= 15 is 0 Å². The fraction of sp³-hybridized carbons (Fsp3) is 0.538. The van der Waals surface area contributed by atoms with Crippen LogP contribution in [0.2, 0.25) is 0 Å². The van der Waals surface area contributed by atoms with Crippen molar-refractivity contribution in [1.29, 1.82) is 0 Å². The van der Waals surface area contributed by atoms with Crippen LogP contribution < -0.4 is 10.6 Å². The molecule has 5 atom stereocenters. The number of carbonyl (C=O) groups excluding carboxylic acids is 1. The quantitative estimate of drug-likeness (QED) is 0.537. The van der Waals surface area contributed by atoms with E-state index in [0.717, 1.165) is 26.2 Å². The Morgan fingerprint density at radius 3 is 2.73 bits per heavy atom. The van der Waals surface area contributed by atoms with Crippen LogP contribution in [-0.4, -0.2) is 86.1 Å². The Hall–Kier alpha value is -2.96. The Labute approximate surface area is 214 Å². The largest absolute Gasteiger partial charge is 0.348 e. The number of fused-ring (bicyclic) bond motifs is 2. The molecule has 1 amide bonds. The van der Waals surface area contributed by atoms with Crippen molar-refractivity contribution in [2.45, 2.75) is 62.6 Å². The number of hydrogen-bond donors (Lipinski definition) is 2. The second kappa shape index (κ2) is 8.53. The lowest BCUT2D eigenvalue weighted by atomic mass is 9.83. The van der Waals surface area contributed by atoms with Crippen LogP contribution >= 0.6 is 0 Å². The van der Waals surface area contributed by atoms with Gasteiger partial charge in [0.1, 0.15) is 24.6 Å². The fourth-order valence-electron chi connectivity index (χ4n) is 6.23. The summed E-state index contributed by atoms with van der Waals surface area (Å²) in [7, 11) is 0. The van der Waals surface area contributed by atoms with Gasteiger partial charge < -0.3 is 24.8 Å². The van der Waals surface area contributed by atoms with Gasteiger partial charge >= 0.3 is 0 Å². The normalized spacial score (nSPS) is 32.6. The van der Waals surface area contributed by atoms with Crippen molar-refractivity contribution < 1.29 is 19.0 Å². The van der Waals surface area contributed by atoms with Gasteiger partial charge in [-0.1, -0.05) is 18.2 Å². The standard InChI is InChI=1S/C26H31N7O4/c1-25(2)36-19-17(12-32-11-9-26(32)8-10-27-13-26)35-24(20(19)37-25)33-15-30-18-21(28-14-29-22(18)33)31-23(34)16-6-4-3-5-7-16/h3-7,14-15,17,19-20,24,27H,8-13H2,1-2H3,(H,28,29,31,34)/t17-,19-,20-,24-,26?/m1/s1. The van der Waals surface area contributed by atoms with E-state index in [1.165, 1.54) is 19.2 Å². The summed E-state index contributed by atoms with van der Waals surface area (Å²) in [5, 5.41) is 6.38. The van der Waals surface area contributed by atoms with E-state index in [-0.39, 0.29) is 29.8 Å². The molecule has 0 saturated carbocycles. The van der Waals surface area contributed by atoms with Crippen LogP contribution in [0.3, 0.4) is 0 Å². The number of hydrogen-bond acceptors (Lipinski definition) is 9. The summed E-state index contributed by atoms with van der Waals surface area (Å²) in [4.78, 5) is 28.6. The number of nitrogens with one attached hydrogen (secondary N) is 2. The maximum absolute atomic E-state index is 12.8. The van der Waals surface area contributed by atoms with Gasteiger partial charge in [0.15, 0.2) is 29.0 Å². The number of nitrogens with zero attached hydrogens (tertiary/aromatic N) is 5. The van der Waals surface area contributed by atoms with Crippen LogP contribution in [0.1, 0.15) is 43.3 Å². The third-order valence-corrected chi connectivity index (χ3v) is 8.17. The first-order chi connectivity index (χ1) is 17.9. The second-order valence-electron chi connectivity index (χ2n) is 10.8. The van der Waals surface area contributed by atoms with Crippen molar-refractivity contribution in [3.05, 3.63) is 48.5 Å². The highest BCUT2D eigenvalue weighted by Gasteiger charge is 2.58. The molecule has 1 unspecified atom stereocenters. The fourth-order valence-corrected chi connectivity index (χ4v) is 6.23. The van der Waals surface area contributed by atoms with E-state index in [1.54, 1.807) is 18.5 Å². The molecule has 6 heterocycles. The summed E-state index contributed by atoms with van der Waals surface area (Å²) in [6.45, 7) is 7.83. The maximum atomic E-state index is 12.8. The maximum Gasteiger partial charge on any atom is 0.256 e. The average Bonchev–Trinajstić information content (AvgIpc) is 3.66. The molecule has 11 nitrogen and oxygen atoms in total. The lowest BCUT2D eigenvalue weighted by Gasteiger charge is -2.51. The Morgan fingerprint density at radius 2 is 1.97 bits per heavy atom. The Bertz CT molecular complexity index is 1320. The molecule has 37 heavy (non-hydrogen) atoms. The zero-order valence-corrected chi connectivity index (χ0v) is 21.0. The number of ether oxygens (including phenoxy) is 3. The van der Waals surface area contributed by atoms with Gasteiger partial charge in [-0.05, 0) is 45.4 Å². The molecular formula is C26H31N7O4. The zero-order valence-electron chi connectivity index (χ0n) is 21.0. The molecule has 7 rings (SSSR count). The van der Waals surface area contributed by atoms with E-state index in [1.807, 2.05) is 36.6 Å². The van der Waals surface area contributed by atoms with E-state index in [4.69, 9.17) is 14.2 Å². The molecular weight excluding hydrogens is 474 g/mol. The van der Waals surface area contributed by atoms with Crippen molar-refractivity contribution in [2.24, 2.45) is 0 Å². The zero-order chi connectivity index (χ0) is 25.2. The van der Waals surface area contributed by atoms with E-state index < -0.39 is 12.0 Å². The summed E-state index contributed by atoms with van der Waals surface area (Å²) in [5.41, 5.74) is 1.84. The molecule has 1 aromatic carbocycles. The van der Waals surface area contributed by atoms with Crippen LogP contribution in [0.4, 0.5) is 5.82 Å². The third-order valence-electron chi connectivity index (χ3n) is 8.17. The summed E-state index contributed by atoms with van der Waals surface area (Å²) >= 11 is 0. The SMILES string of the molecule is CC1(C)O[C@@H]2[C@H](O1)[C@@H](CN1CCC13CCNC3)O[C@H]2n1cnc2c(NC(=O)c3ccccc3)ncnc21. The number of amides is 1. The van der Waals surface area contributed by atoms with Gasteiger partial charge in [0.25, 0.3) is 5.91 Å². The highest BCUT2D eigenvalue weighted by molar-refractivity contribution is 6.06. The van der Waals surface area contributed by atoms with Gasteiger partial charge in [-0.3, -0.25) is 14.3 Å². The molecule has 2 N–H and O–H groups in total. The van der Waals surface area contributed by atoms with Crippen LogP contribution in [0.25, 0.3) is 11.2 Å². The first-order valence-corrected chi connectivity index (χ1v) is 12.9. The van der Waals surface area contributed by atoms with Gasteiger partial charge in [-0.2, -0.15) is 0 Å². The number of benzene rings is 1. The molecule has 2 aromatic heterocycles. The van der Waals surface area contributed by atoms with E-state index in [9.17, 15) is 4.79 Å². The minimum absolute atomic E-state index is 0.147. The lowest BCUT2D eigenvalue weighted by molar-refractivity contribution is -0.201. The van der Waals surface area contributed by atoms with Crippen molar-refractivity contribution in [3.63, 3.8) is 0 Å². The third kappa shape index (κ3) is 3.84. The summed E-state index contributed by atoms with van der Waals surface area (Å²) in [6.07, 6.45) is 4.37. The molecule has 4 fully saturated rings. The number of anilines is 1. The second-order valence-corrected chi connectivity index (χ2v) is 10.8. The smallest absolute Gasteiger partial charge is 0.256 e. The minimum atomic E-state index is -0.711. The van der Waals surface area contributed by atoms with Crippen LogP contribution in [0.5, 0.6) is 0 Å². The van der Waals surface area contributed by atoms with Crippen molar-refractivity contribution in [1.82, 2.24) is 29.7 Å². The highest BCUT2D eigenvalue weighted by Crippen LogP contribution is 2.46. The predicted octanol–water partition coefficient (Wildman–Crippen LogP) is 1.93. The molecule has 0 aliphatic carbocycles. The van der Waals surface area contributed by atoms with Gasteiger partial charge in [-0.25, -0.2) is 15.0 Å². The number of rotatable bonds is 5.